The predicted octanol–water partition coefficient (Wildman–Crippen LogP) is 4.11. The number of nitrogens with one attached hydrogen (secondary N) is 1. The molecule has 0 radical (unpaired) electrons. The number of nitrogens with zero attached hydrogens (tertiary/aromatic N) is 4. The van der Waals surface area contributed by atoms with Gasteiger partial charge in [-0.3, -0.25) is 9.69 Å². The van der Waals surface area contributed by atoms with E-state index in [1.807, 2.05) is 30.3 Å². The second kappa shape index (κ2) is 8.47. The highest BCUT2D eigenvalue weighted by atomic mass is 35.5. The molecule has 4 aromatic rings. The molecule has 2 aromatic heterocycles. The number of benzene rings is 2. The van der Waals surface area contributed by atoms with Crippen LogP contribution in [-0.4, -0.2) is 60.0 Å². The summed E-state index contributed by atoms with van der Waals surface area (Å²) in [5.41, 5.74) is 4.31. The van der Waals surface area contributed by atoms with E-state index in [0.717, 1.165) is 58.3 Å². The van der Waals surface area contributed by atoms with Gasteiger partial charge >= 0.3 is 0 Å². The van der Waals surface area contributed by atoms with Crippen molar-refractivity contribution in [2.45, 2.75) is 0 Å². The first-order valence-electron chi connectivity index (χ1n) is 9.81. The molecule has 3 heterocycles. The van der Waals surface area contributed by atoms with Gasteiger partial charge in [-0.2, -0.15) is 0 Å². The van der Waals surface area contributed by atoms with Crippen LogP contribution in [0.15, 0.2) is 41.9 Å². The summed E-state index contributed by atoms with van der Waals surface area (Å²) in [6, 6.07) is 11.6. The van der Waals surface area contributed by atoms with Crippen LogP contribution in [0.25, 0.3) is 20.4 Å². The number of amides is 1. The first-order chi connectivity index (χ1) is 14.7. The van der Waals surface area contributed by atoms with Crippen LogP contribution in [-0.2, 0) is 0 Å². The fourth-order valence-electron chi connectivity index (χ4n) is 3.63. The van der Waals surface area contributed by atoms with Crippen molar-refractivity contribution in [1.29, 1.82) is 0 Å². The van der Waals surface area contributed by atoms with Gasteiger partial charge in [0.15, 0.2) is 5.13 Å². The standard InChI is InChI=1S/C21H20ClN5OS2/c22-15-2-1-3-17-19(15)25-21(30-17)27-10-8-26(9-11-27)7-6-23-20(28)14-4-5-16-18(12-14)29-13-24-16/h1-5,12-13H,6-11H2,(H,23,28). The van der Waals surface area contributed by atoms with Gasteiger partial charge in [-0.1, -0.05) is 29.0 Å². The van der Waals surface area contributed by atoms with E-state index in [2.05, 4.69) is 26.2 Å². The molecule has 30 heavy (non-hydrogen) atoms. The molecule has 0 atom stereocenters. The Labute approximate surface area is 187 Å². The van der Waals surface area contributed by atoms with E-state index < -0.39 is 0 Å². The Morgan fingerprint density at radius 3 is 2.83 bits per heavy atom. The number of carbonyl (C=O) groups excluding carboxylic acids is 1. The van der Waals surface area contributed by atoms with Crippen LogP contribution < -0.4 is 10.2 Å². The molecule has 0 spiro atoms. The zero-order valence-electron chi connectivity index (χ0n) is 16.2. The Morgan fingerprint density at radius 1 is 1.13 bits per heavy atom. The van der Waals surface area contributed by atoms with Crippen LogP contribution >= 0.6 is 34.3 Å². The second-order valence-electron chi connectivity index (χ2n) is 7.20. The third kappa shape index (κ3) is 4.00. The number of rotatable bonds is 5. The lowest BCUT2D eigenvalue weighted by molar-refractivity contribution is 0.0948. The Bertz CT molecular complexity index is 1200. The van der Waals surface area contributed by atoms with Crippen LogP contribution in [0.1, 0.15) is 10.4 Å². The number of carbonyl (C=O) groups is 1. The fraction of sp³-hybridized carbons (Fsp3) is 0.286. The summed E-state index contributed by atoms with van der Waals surface area (Å²) in [7, 11) is 0. The Morgan fingerprint density at radius 2 is 2.00 bits per heavy atom. The number of hydrogen-bond acceptors (Lipinski definition) is 7. The molecule has 0 bridgehead atoms. The number of halogens is 1. The monoisotopic (exact) mass is 457 g/mol. The van der Waals surface area contributed by atoms with Gasteiger partial charge in [-0.15, -0.1) is 11.3 Å². The first kappa shape index (κ1) is 19.7. The van der Waals surface area contributed by atoms with Crippen LogP contribution in [0, 0.1) is 0 Å². The van der Waals surface area contributed by atoms with Gasteiger partial charge in [0.2, 0.25) is 0 Å². The maximum absolute atomic E-state index is 12.4. The molecule has 0 unspecified atom stereocenters. The smallest absolute Gasteiger partial charge is 0.251 e. The minimum absolute atomic E-state index is 0.0321. The molecule has 2 aromatic carbocycles. The minimum Gasteiger partial charge on any atom is -0.351 e. The number of para-hydroxylation sites is 1. The summed E-state index contributed by atoms with van der Waals surface area (Å²) < 4.78 is 2.16. The maximum atomic E-state index is 12.4. The average molecular weight is 458 g/mol. The highest BCUT2D eigenvalue weighted by Gasteiger charge is 2.20. The van der Waals surface area contributed by atoms with Gasteiger partial charge in [0.05, 0.1) is 25.4 Å². The van der Waals surface area contributed by atoms with Crippen LogP contribution in [0.5, 0.6) is 0 Å². The number of hydrogen-bond donors (Lipinski definition) is 1. The Hall–Kier alpha value is -2.26. The van der Waals surface area contributed by atoms with Crippen molar-refractivity contribution in [3.8, 4) is 0 Å². The van der Waals surface area contributed by atoms with E-state index in [1.54, 1.807) is 28.2 Å². The molecule has 1 saturated heterocycles. The van der Waals surface area contributed by atoms with E-state index in [4.69, 9.17) is 16.6 Å². The zero-order valence-corrected chi connectivity index (χ0v) is 18.6. The van der Waals surface area contributed by atoms with E-state index in [1.165, 1.54) is 0 Å². The van der Waals surface area contributed by atoms with Crippen molar-refractivity contribution >= 4 is 65.7 Å². The van der Waals surface area contributed by atoms with Gasteiger partial charge in [-0.05, 0) is 30.3 Å². The Kier molecular flexibility index (Phi) is 5.56. The van der Waals surface area contributed by atoms with Crippen molar-refractivity contribution in [1.82, 2.24) is 20.2 Å². The number of thiazole rings is 2. The number of aromatic nitrogens is 2. The SMILES string of the molecule is O=C(NCCN1CCN(c2nc3c(Cl)cccc3s2)CC1)c1ccc2ncsc2c1. The van der Waals surface area contributed by atoms with Gasteiger partial charge in [0, 0.05) is 44.8 Å². The molecule has 1 aliphatic heterocycles. The summed E-state index contributed by atoms with van der Waals surface area (Å²) in [6.45, 7) is 5.23. The normalized spacial score (nSPS) is 15.2. The third-order valence-corrected chi connectivity index (χ3v) is 7.49. The highest BCUT2D eigenvalue weighted by Crippen LogP contribution is 2.33. The third-order valence-electron chi connectivity index (χ3n) is 5.31. The van der Waals surface area contributed by atoms with Crippen molar-refractivity contribution < 1.29 is 4.79 Å². The van der Waals surface area contributed by atoms with E-state index in [9.17, 15) is 4.79 Å². The predicted molar refractivity (Wildman–Crippen MR) is 125 cm³/mol. The first-order valence-corrected chi connectivity index (χ1v) is 11.9. The molecule has 9 heteroatoms. The van der Waals surface area contributed by atoms with Gasteiger partial charge in [0.1, 0.15) is 5.52 Å². The molecular weight excluding hydrogens is 438 g/mol. The van der Waals surface area contributed by atoms with Gasteiger partial charge < -0.3 is 10.2 Å². The van der Waals surface area contributed by atoms with Crippen LogP contribution in [0.3, 0.4) is 0 Å². The topological polar surface area (TPSA) is 61.4 Å². The lowest BCUT2D eigenvalue weighted by Gasteiger charge is -2.34. The van der Waals surface area contributed by atoms with Crippen molar-refractivity contribution in [3.63, 3.8) is 0 Å². The maximum Gasteiger partial charge on any atom is 0.251 e. The summed E-state index contributed by atoms with van der Waals surface area (Å²) in [5.74, 6) is -0.0321. The van der Waals surface area contributed by atoms with Crippen molar-refractivity contribution in [3.05, 3.63) is 52.5 Å². The molecule has 1 aliphatic rings. The molecular formula is C21H20ClN5OS2. The van der Waals surface area contributed by atoms with E-state index >= 15 is 0 Å². The molecule has 0 saturated carbocycles. The summed E-state index contributed by atoms with van der Waals surface area (Å²) >= 11 is 9.50. The average Bonchev–Trinajstić information content (AvgIpc) is 3.41. The molecule has 1 amide bonds. The zero-order chi connectivity index (χ0) is 20.5. The molecule has 5 rings (SSSR count). The number of fused-ring (bicyclic) bond motifs is 2. The van der Waals surface area contributed by atoms with Gasteiger partial charge in [-0.25, -0.2) is 9.97 Å². The molecule has 6 nitrogen and oxygen atoms in total. The van der Waals surface area contributed by atoms with E-state index in [0.29, 0.717) is 17.1 Å². The quantitative estimate of drug-likeness (QED) is 0.488. The number of piperazine rings is 1. The lowest BCUT2D eigenvalue weighted by Crippen LogP contribution is -2.48. The second-order valence-corrected chi connectivity index (χ2v) is 9.51. The van der Waals surface area contributed by atoms with Gasteiger partial charge in [0.25, 0.3) is 5.91 Å². The Balaban J connectivity index is 1.12. The van der Waals surface area contributed by atoms with Crippen molar-refractivity contribution in [2.24, 2.45) is 0 Å². The lowest BCUT2D eigenvalue weighted by atomic mass is 10.2. The molecule has 1 fully saturated rings. The minimum atomic E-state index is -0.0321. The molecule has 0 aliphatic carbocycles. The summed E-state index contributed by atoms with van der Waals surface area (Å²) in [6.07, 6.45) is 0. The fourth-order valence-corrected chi connectivity index (χ4v) is 5.66. The summed E-state index contributed by atoms with van der Waals surface area (Å²) in [5, 5.41) is 4.77. The molecule has 1 N–H and O–H groups in total. The largest absolute Gasteiger partial charge is 0.351 e. The van der Waals surface area contributed by atoms with Crippen LogP contribution in [0.2, 0.25) is 5.02 Å². The van der Waals surface area contributed by atoms with Crippen LogP contribution in [0.4, 0.5) is 5.13 Å². The summed E-state index contributed by atoms with van der Waals surface area (Å²) in [4.78, 5) is 26.1. The highest BCUT2D eigenvalue weighted by molar-refractivity contribution is 7.22. The molecule has 154 valence electrons. The van der Waals surface area contributed by atoms with Crippen molar-refractivity contribution in [2.75, 3.05) is 44.2 Å². The van der Waals surface area contributed by atoms with E-state index in [-0.39, 0.29) is 5.91 Å². The number of anilines is 1.